The van der Waals surface area contributed by atoms with E-state index < -0.39 is 10.0 Å². The fourth-order valence-electron chi connectivity index (χ4n) is 2.68. The molecule has 0 radical (unpaired) electrons. The summed E-state index contributed by atoms with van der Waals surface area (Å²) in [5, 5.41) is 14.3. The van der Waals surface area contributed by atoms with Crippen molar-refractivity contribution in [2.45, 2.75) is 5.75 Å². The zero-order chi connectivity index (χ0) is 19.4. The summed E-state index contributed by atoms with van der Waals surface area (Å²) in [4.78, 5) is 12.9. The van der Waals surface area contributed by atoms with Crippen LogP contribution in [-0.4, -0.2) is 56.5 Å². The molecule has 1 aromatic heterocycles. The first-order chi connectivity index (χ1) is 12.8. The van der Waals surface area contributed by atoms with E-state index in [9.17, 15) is 13.7 Å². The number of aromatic nitrogens is 2. The Labute approximate surface area is 158 Å². The van der Waals surface area contributed by atoms with Crippen molar-refractivity contribution in [1.82, 2.24) is 14.9 Å². The Morgan fingerprint density at radius 3 is 2.44 bits per heavy atom. The monoisotopic (exact) mass is 388 g/mol. The standard InChI is InChI=1S/C17H20N6O3S/c1-22-6-8-23(9-7-22)17-20-14(11-18)10-16(21-17)26-15-4-2-13(3-5-15)12-27(19,24)25/h2-5,10H,6-9,12H2,1H3,(H2,19,24,25). The molecule has 0 unspecified atom stereocenters. The molecule has 0 aliphatic carbocycles. The predicted octanol–water partition coefficient (Wildman–Crippen LogP) is 0.681. The highest BCUT2D eigenvalue weighted by Gasteiger charge is 2.18. The largest absolute Gasteiger partial charge is 0.439 e. The van der Waals surface area contributed by atoms with Crippen LogP contribution >= 0.6 is 0 Å². The second kappa shape index (κ2) is 7.87. The quantitative estimate of drug-likeness (QED) is 0.793. The highest BCUT2D eigenvalue weighted by atomic mass is 32.2. The van der Waals surface area contributed by atoms with Crippen molar-refractivity contribution in [3.05, 3.63) is 41.6 Å². The normalized spacial score (nSPS) is 15.4. The molecule has 9 nitrogen and oxygen atoms in total. The molecular weight excluding hydrogens is 368 g/mol. The van der Waals surface area contributed by atoms with Crippen LogP contribution < -0.4 is 14.8 Å². The van der Waals surface area contributed by atoms with Gasteiger partial charge in [0.15, 0.2) is 0 Å². The molecule has 27 heavy (non-hydrogen) atoms. The summed E-state index contributed by atoms with van der Waals surface area (Å²) in [6, 6.07) is 9.99. The summed E-state index contributed by atoms with van der Waals surface area (Å²) in [5.41, 5.74) is 0.781. The smallest absolute Gasteiger partial charge is 0.230 e. The molecule has 1 aliphatic heterocycles. The lowest BCUT2D eigenvalue weighted by Gasteiger charge is -2.32. The van der Waals surface area contributed by atoms with Gasteiger partial charge in [0, 0.05) is 32.2 Å². The van der Waals surface area contributed by atoms with E-state index in [2.05, 4.69) is 21.9 Å². The molecule has 1 aliphatic rings. The van der Waals surface area contributed by atoms with Crippen LogP contribution in [0.15, 0.2) is 30.3 Å². The number of hydrogen-bond donors (Lipinski definition) is 1. The number of anilines is 1. The van der Waals surface area contributed by atoms with E-state index in [4.69, 9.17) is 9.88 Å². The summed E-state index contributed by atoms with van der Waals surface area (Å²) >= 11 is 0. The number of ether oxygens (including phenoxy) is 1. The molecule has 0 atom stereocenters. The van der Waals surface area contributed by atoms with Crippen molar-refractivity contribution < 1.29 is 13.2 Å². The maximum Gasteiger partial charge on any atom is 0.230 e. The van der Waals surface area contributed by atoms with E-state index in [1.807, 2.05) is 11.0 Å². The molecule has 1 saturated heterocycles. The number of hydrogen-bond acceptors (Lipinski definition) is 8. The van der Waals surface area contributed by atoms with Crippen molar-refractivity contribution in [3.8, 4) is 17.7 Å². The minimum Gasteiger partial charge on any atom is -0.439 e. The summed E-state index contributed by atoms with van der Waals surface area (Å²) in [7, 11) is -1.53. The van der Waals surface area contributed by atoms with E-state index in [0.717, 1.165) is 26.2 Å². The molecule has 10 heteroatoms. The van der Waals surface area contributed by atoms with Gasteiger partial charge in [-0.25, -0.2) is 18.5 Å². The Hall–Kier alpha value is -2.74. The number of piperazine rings is 1. The van der Waals surface area contributed by atoms with Crippen molar-refractivity contribution in [2.75, 3.05) is 38.1 Å². The Morgan fingerprint density at radius 1 is 1.19 bits per heavy atom. The van der Waals surface area contributed by atoms with E-state index in [0.29, 0.717) is 17.3 Å². The molecule has 2 heterocycles. The van der Waals surface area contributed by atoms with Gasteiger partial charge in [-0.15, -0.1) is 0 Å². The van der Waals surface area contributed by atoms with Gasteiger partial charge in [-0.3, -0.25) is 0 Å². The third kappa shape index (κ3) is 5.37. The zero-order valence-electron chi connectivity index (χ0n) is 14.9. The number of nitrogens with zero attached hydrogens (tertiary/aromatic N) is 5. The number of primary sulfonamides is 1. The Balaban J connectivity index is 1.78. The van der Waals surface area contributed by atoms with Crippen molar-refractivity contribution in [1.29, 1.82) is 5.26 Å². The van der Waals surface area contributed by atoms with Gasteiger partial charge in [0.25, 0.3) is 0 Å². The Morgan fingerprint density at radius 2 is 1.85 bits per heavy atom. The Kier molecular flexibility index (Phi) is 5.55. The second-order valence-electron chi connectivity index (χ2n) is 6.35. The minimum atomic E-state index is -3.59. The number of sulfonamides is 1. The maximum absolute atomic E-state index is 11.1. The summed E-state index contributed by atoms with van der Waals surface area (Å²) in [6.07, 6.45) is 0. The van der Waals surface area contributed by atoms with Gasteiger partial charge in [-0.1, -0.05) is 12.1 Å². The summed E-state index contributed by atoms with van der Waals surface area (Å²) in [6.45, 7) is 3.32. The molecule has 3 rings (SSSR count). The lowest BCUT2D eigenvalue weighted by atomic mass is 10.2. The van der Waals surface area contributed by atoms with E-state index in [1.165, 1.54) is 6.07 Å². The van der Waals surface area contributed by atoms with Crippen molar-refractivity contribution in [2.24, 2.45) is 5.14 Å². The molecule has 2 N–H and O–H groups in total. The van der Waals surface area contributed by atoms with Gasteiger partial charge in [0.1, 0.15) is 17.5 Å². The fourth-order valence-corrected chi connectivity index (χ4v) is 3.33. The third-order valence-corrected chi connectivity index (χ3v) is 4.84. The van der Waals surface area contributed by atoms with Crippen LogP contribution in [-0.2, 0) is 15.8 Å². The van der Waals surface area contributed by atoms with E-state index >= 15 is 0 Å². The average Bonchev–Trinajstić information content (AvgIpc) is 2.62. The van der Waals surface area contributed by atoms with Crippen molar-refractivity contribution >= 4 is 16.0 Å². The highest BCUT2D eigenvalue weighted by Crippen LogP contribution is 2.23. The average molecular weight is 388 g/mol. The zero-order valence-corrected chi connectivity index (χ0v) is 15.7. The van der Waals surface area contributed by atoms with Crippen molar-refractivity contribution in [3.63, 3.8) is 0 Å². The number of rotatable bonds is 5. The first-order valence-electron chi connectivity index (χ1n) is 8.32. The van der Waals surface area contributed by atoms with Crippen LogP contribution in [0.25, 0.3) is 0 Å². The van der Waals surface area contributed by atoms with Crippen LogP contribution in [0.1, 0.15) is 11.3 Å². The lowest BCUT2D eigenvalue weighted by molar-refractivity contribution is 0.310. The predicted molar refractivity (Wildman–Crippen MR) is 99.8 cm³/mol. The second-order valence-corrected chi connectivity index (χ2v) is 7.96. The van der Waals surface area contributed by atoms with Gasteiger partial charge in [-0.2, -0.15) is 10.2 Å². The number of nitrogens with two attached hydrogens (primary N) is 1. The van der Waals surface area contributed by atoms with Gasteiger partial charge in [0.05, 0.1) is 5.75 Å². The van der Waals surface area contributed by atoms with Crippen LogP contribution in [0.2, 0.25) is 0 Å². The molecule has 0 spiro atoms. The molecule has 0 saturated carbocycles. The maximum atomic E-state index is 11.1. The Bertz CT molecular complexity index is 948. The molecule has 0 bridgehead atoms. The first kappa shape index (κ1) is 19.0. The number of benzene rings is 1. The molecule has 1 fully saturated rings. The number of nitriles is 1. The van der Waals surface area contributed by atoms with Gasteiger partial charge < -0.3 is 14.5 Å². The third-order valence-electron chi connectivity index (χ3n) is 4.11. The van der Waals surface area contributed by atoms with Gasteiger partial charge in [0.2, 0.25) is 21.9 Å². The molecular formula is C17H20N6O3S. The molecule has 1 aromatic carbocycles. The van der Waals surface area contributed by atoms with Gasteiger partial charge >= 0.3 is 0 Å². The summed E-state index contributed by atoms with van der Waals surface area (Å²) in [5.74, 6) is 0.949. The molecule has 0 amide bonds. The first-order valence-corrected chi connectivity index (χ1v) is 10.0. The van der Waals surface area contributed by atoms with Crippen LogP contribution in [0, 0.1) is 11.3 Å². The SMILES string of the molecule is CN1CCN(c2nc(C#N)cc(Oc3ccc(CS(N)(=O)=O)cc3)n2)CC1. The van der Waals surface area contributed by atoms with E-state index in [1.54, 1.807) is 24.3 Å². The van der Waals surface area contributed by atoms with Crippen LogP contribution in [0.3, 0.4) is 0 Å². The molecule has 142 valence electrons. The molecule has 2 aromatic rings. The fraction of sp³-hybridized carbons (Fsp3) is 0.353. The summed E-state index contributed by atoms with van der Waals surface area (Å²) < 4.78 is 28.0. The van der Waals surface area contributed by atoms with Crippen LogP contribution in [0.5, 0.6) is 11.6 Å². The highest BCUT2D eigenvalue weighted by molar-refractivity contribution is 7.88. The van der Waals surface area contributed by atoms with Crippen LogP contribution in [0.4, 0.5) is 5.95 Å². The van der Waals surface area contributed by atoms with Gasteiger partial charge in [-0.05, 0) is 24.7 Å². The van der Waals surface area contributed by atoms with E-state index in [-0.39, 0.29) is 17.3 Å². The lowest BCUT2D eigenvalue weighted by Crippen LogP contribution is -2.45. The minimum absolute atomic E-state index is 0.222. The number of likely N-dealkylation sites (N-methyl/N-ethyl adjacent to an activating group) is 1. The topological polar surface area (TPSA) is 125 Å².